The first-order chi connectivity index (χ1) is 16.2. The summed E-state index contributed by atoms with van der Waals surface area (Å²) in [4.78, 5) is 12.3. The number of ether oxygens (including phenoxy) is 3. The van der Waals surface area contributed by atoms with Crippen LogP contribution >= 0.6 is 0 Å². The van der Waals surface area contributed by atoms with Gasteiger partial charge in [-0.3, -0.25) is 0 Å². The Morgan fingerprint density at radius 1 is 0.697 bits per heavy atom. The highest BCUT2D eigenvalue weighted by atomic mass is 16.6. The third-order valence-electron chi connectivity index (χ3n) is 5.00. The molecule has 0 aliphatic rings. The van der Waals surface area contributed by atoms with Crippen LogP contribution in [0.5, 0.6) is 17.2 Å². The van der Waals surface area contributed by atoms with Crippen LogP contribution in [0.15, 0.2) is 103 Å². The summed E-state index contributed by atoms with van der Waals surface area (Å²) in [6.07, 6.45) is 3.99. The summed E-state index contributed by atoms with van der Waals surface area (Å²) in [5.41, 5.74) is 4.24. The average Bonchev–Trinajstić information content (AvgIpc) is 2.88. The van der Waals surface area contributed by atoms with Gasteiger partial charge < -0.3 is 14.2 Å². The number of rotatable bonds is 8. The van der Waals surface area contributed by atoms with Crippen molar-refractivity contribution in [2.75, 3.05) is 13.7 Å². The molecule has 33 heavy (non-hydrogen) atoms. The maximum atomic E-state index is 12.3. The molecule has 0 aromatic heterocycles. The van der Waals surface area contributed by atoms with Gasteiger partial charge in [-0.1, -0.05) is 91.0 Å². The van der Waals surface area contributed by atoms with Crippen molar-refractivity contribution in [1.82, 2.24) is 0 Å². The van der Waals surface area contributed by atoms with Gasteiger partial charge in [0.05, 0.1) is 7.11 Å². The van der Waals surface area contributed by atoms with Gasteiger partial charge in [-0.05, 0) is 46.5 Å². The zero-order valence-electron chi connectivity index (χ0n) is 18.3. The number of hydrogen-bond donors (Lipinski definition) is 0. The normalized spacial score (nSPS) is 10.7. The Balaban J connectivity index is 1.34. The van der Waals surface area contributed by atoms with Crippen molar-refractivity contribution in [1.29, 1.82) is 0 Å². The van der Waals surface area contributed by atoms with E-state index in [1.54, 1.807) is 13.2 Å². The van der Waals surface area contributed by atoms with Crippen LogP contribution < -0.4 is 14.2 Å². The highest BCUT2D eigenvalue weighted by molar-refractivity contribution is 5.76. The van der Waals surface area contributed by atoms with E-state index < -0.39 is 5.97 Å². The first-order valence-electron chi connectivity index (χ1n) is 10.6. The smallest absolute Gasteiger partial charge is 0.349 e. The standard InChI is InChI=1S/C29H24O4/c1-31-28-20-23(13-12-22-8-4-2-5-9-22)14-19-27(28)33-29(30)21-32-26-17-15-25(16-18-26)24-10-6-3-7-11-24/h2-20H,21H2,1H3. The lowest BCUT2D eigenvalue weighted by Crippen LogP contribution is -2.18. The molecule has 0 radical (unpaired) electrons. The van der Waals surface area contributed by atoms with E-state index in [1.807, 2.05) is 109 Å². The molecule has 4 nitrogen and oxygen atoms in total. The highest BCUT2D eigenvalue weighted by Gasteiger charge is 2.11. The Labute approximate surface area is 193 Å². The minimum Gasteiger partial charge on any atom is -0.493 e. The van der Waals surface area contributed by atoms with Crippen LogP contribution in [0, 0.1) is 0 Å². The van der Waals surface area contributed by atoms with E-state index in [2.05, 4.69) is 0 Å². The van der Waals surface area contributed by atoms with Crippen LogP contribution in [0.1, 0.15) is 11.1 Å². The molecule has 0 bridgehead atoms. The lowest BCUT2D eigenvalue weighted by atomic mass is 10.1. The van der Waals surface area contributed by atoms with Gasteiger partial charge >= 0.3 is 5.97 Å². The maximum absolute atomic E-state index is 12.3. The molecule has 0 aliphatic carbocycles. The first kappa shape index (κ1) is 21.9. The summed E-state index contributed by atoms with van der Waals surface area (Å²) in [5.74, 6) is 0.918. The van der Waals surface area contributed by atoms with Gasteiger partial charge in [-0.15, -0.1) is 0 Å². The molecule has 164 valence electrons. The second-order valence-electron chi connectivity index (χ2n) is 7.31. The fourth-order valence-corrected chi connectivity index (χ4v) is 3.30. The van der Waals surface area contributed by atoms with Gasteiger partial charge in [-0.25, -0.2) is 4.79 Å². The molecule has 0 atom stereocenters. The van der Waals surface area contributed by atoms with Crippen molar-refractivity contribution in [3.63, 3.8) is 0 Å². The first-order valence-corrected chi connectivity index (χ1v) is 10.6. The fraction of sp³-hybridized carbons (Fsp3) is 0.0690. The summed E-state index contributed by atoms with van der Waals surface area (Å²) in [7, 11) is 1.54. The molecule has 0 heterocycles. The monoisotopic (exact) mass is 436 g/mol. The summed E-state index contributed by atoms with van der Waals surface area (Å²) < 4.78 is 16.5. The van der Waals surface area contributed by atoms with Gasteiger partial charge in [0.1, 0.15) is 5.75 Å². The maximum Gasteiger partial charge on any atom is 0.349 e. The van der Waals surface area contributed by atoms with E-state index in [-0.39, 0.29) is 6.61 Å². The van der Waals surface area contributed by atoms with Crippen molar-refractivity contribution < 1.29 is 19.0 Å². The van der Waals surface area contributed by atoms with Crippen molar-refractivity contribution in [2.24, 2.45) is 0 Å². The lowest BCUT2D eigenvalue weighted by molar-refractivity contribution is -0.136. The fourth-order valence-electron chi connectivity index (χ4n) is 3.30. The Morgan fingerprint density at radius 2 is 1.33 bits per heavy atom. The molecule has 0 fully saturated rings. The van der Waals surface area contributed by atoms with Gasteiger partial charge in [0.15, 0.2) is 18.1 Å². The van der Waals surface area contributed by atoms with Crippen molar-refractivity contribution in [3.05, 3.63) is 114 Å². The molecule has 0 saturated carbocycles. The van der Waals surface area contributed by atoms with E-state index >= 15 is 0 Å². The van der Waals surface area contributed by atoms with Gasteiger partial charge in [0.25, 0.3) is 0 Å². The molecule has 4 aromatic rings. The third kappa shape index (κ3) is 6.11. The minimum absolute atomic E-state index is 0.205. The summed E-state index contributed by atoms with van der Waals surface area (Å²) >= 11 is 0. The Bertz CT molecular complexity index is 1210. The molecule has 0 amide bonds. The van der Waals surface area contributed by atoms with Gasteiger partial charge in [0.2, 0.25) is 0 Å². The summed E-state index contributed by atoms with van der Waals surface area (Å²) in [5, 5.41) is 0. The van der Waals surface area contributed by atoms with Crippen LogP contribution in [-0.2, 0) is 4.79 Å². The zero-order valence-corrected chi connectivity index (χ0v) is 18.3. The molecule has 0 saturated heterocycles. The Morgan fingerprint density at radius 3 is 2.03 bits per heavy atom. The SMILES string of the molecule is COc1cc(C=Cc2ccccc2)ccc1OC(=O)COc1ccc(-c2ccccc2)cc1. The second kappa shape index (κ2) is 10.8. The van der Waals surface area contributed by atoms with Crippen LogP contribution in [-0.4, -0.2) is 19.7 Å². The molecule has 4 heteroatoms. The van der Waals surface area contributed by atoms with E-state index in [1.165, 1.54) is 0 Å². The summed E-state index contributed by atoms with van der Waals surface area (Å²) in [6, 6.07) is 33.1. The number of carbonyl (C=O) groups is 1. The predicted octanol–water partition coefficient (Wildman–Crippen LogP) is 6.52. The zero-order chi connectivity index (χ0) is 22.9. The molecule has 0 unspecified atom stereocenters. The lowest BCUT2D eigenvalue weighted by Gasteiger charge is -2.11. The molecule has 4 rings (SSSR count). The number of benzene rings is 4. The van der Waals surface area contributed by atoms with E-state index in [9.17, 15) is 4.79 Å². The largest absolute Gasteiger partial charge is 0.493 e. The van der Waals surface area contributed by atoms with Gasteiger partial charge in [-0.2, -0.15) is 0 Å². The number of methoxy groups -OCH3 is 1. The molecular formula is C29H24O4. The highest BCUT2D eigenvalue weighted by Crippen LogP contribution is 2.29. The molecule has 4 aromatic carbocycles. The van der Waals surface area contributed by atoms with Crippen molar-refractivity contribution in [2.45, 2.75) is 0 Å². The van der Waals surface area contributed by atoms with Gasteiger partial charge in [0, 0.05) is 0 Å². The Kier molecular flexibility index (Phi) is 7.18. The van der Waals surface area contributed by atoms with Crippen LogP contribution in [0.2, 0.25) is 0 Å². The average molecular weight is 437 g/mol. The van der Waals surface area contributed by atoms with E-state index in [4.69, 9.17) is 14.2 Å². The van der Waals surface area contributed by atoms with E-state index in [0.717, 1.165) is 22.3 Å². The number of carbonyl (C=O) groups excluding carboxylic acids is 1. The predicted molar refractivity (Wildman–Crippen MR) is 131 cm³/mol. The third-order valence-corrected chi connectivity index (χ3v) is 5.00. The molecule has 0 N–H and O–H groups in total. The van der Waals surface area contributed by atoms with Crippen molar-refractivity contribution >= 4 is 18.1 Å². The topological polar surface area (TPSA) is 44.8 Å². The van der Waals surface area contributed by atoms with E-state index in [0.29, 0.717) is 17.2 Å². The summed E-state index contributed by atoms with van der Waals surface area (Å²) in [6.45, 7) is -0.205. The molecular weight excluding hydrogens is 412 g/mol. The molecule has 0 aliphatic heterocycles. The second-order valence-corrected chi connectivity index (χ2v) is 7.31. The molecule has 0 spiro atoms. The van der Waals surface area contributed by atoms with Crippen molar-refractivity contribution in [3.8, 4) is 28.4 Å². The Hall–Kier alpha value is -4.31. The quantitative estimate of drug-likeness (QED) is 0.179. The number of esters is 1. The van der Waals surface area contributed by atoms with Crippen LogP contribution in [0.4, 0.5) is 0 Å². The minimum atomic E-state index is -0.506. The van der Waals surface area contributed by atoms with Crippen LogP contribution in [0.25, 0.3) is 23.3 Å². The van der Waals surface area contributed by atoms with Crippen LogP contribution in [0.3, 0.4) is 0 Å². The number of hydrogen-bond acceptors (Lipinski definition) is 4.